The molecule has 162 valence electrons. The number of hydrogen-bond donors (Lipinski definition) is 0. The summed E-state index contributed by atoms with van der Waals surface area (Å²) in [4.78, 5) is 22.1. The Morgan fingerprint density at radius 3 is 2.40 bits per heavy atom. The van der Waals surface area contributed by atoms with Crippen molar-refractivity contribution in [2.45, 2.75) is 27.2 Å². The van der Waals surface area contributed by atoms with Gasteiger partial charge in [0.1, 0.15) is 0 Å². The molecule has 0 unspecified atom stereocenters. The van der Waals surface area contributed by atoms with Crippen LogP contribution in [0.4, 0.5) is 5.13 Å². The lowest BCUT2D eigenvalue weighted by Crippen LogP contribution is -2.39. The van der Waals surface area contributed by atoms with Gasteiger partial charge in [0.25, 0.3) is 0 Å². The van der Waals surface area contributed by atoms with Crippen molar-refractivity contribution in [3.63, 3.8) is 0 Å². The van der Waals surface area contributed by atoms with E-state index in [1.54, 1.807) is 4.90 Å². The zero-order valence-electron chi connectivity index (χ0n) is 17.3. The summed E-state index contributed by atoms with van der Waals surface area (Å²) in [5.41, 5.74) is 2.62. The van der Waals surface area contributed by atoms with E-state index in [1.165, 1.54) is 11.3 Å². The Morgan fingerprint density at radius 1 is 1.03 bits per heavy atom. The van der Waals surface area contributed by atoms with E-state index in [9.17, 15) is 4.79 Å². The van der Waals surface area contributed by atoms with E-state index in [2.05, 4.69) is 18.7 Å². The van der Waals surface area contributed by atoms with Crippen molar-refractivity contribution in [2.75, 3.05) is 31.1 Å². The second-order valence-electron chi connectivity index (χ2n) is 6.86. The first-order valence-corrected chi connectivity index (χ1v) is 11.3. The van der Waals surface area contributed by atoms with E-state index in [0.717, 1.165) is 41.0 Å². The second-order valence-corrected chi connectivity index (χ2v) is 8.68. The minimum atomic E-state index is -0.00642. The van der Waals surface area contributed by atoms with Crippen LogP contribution in [0.5, 0.6) is 0 Å². The lowest BCUT2D eigenvalue weighted by Gasteiger charge is -2.25. The van der Waals surface area contributed by atoms with Crippen molar-refractivity contribution in [3.05, 3.63) is 57.6 Å². The molecule has 0 saturated heterocycles. The fraction of sp³-hybridized carbons (Fsp3) is 0.364. The third kappa shape index (κ3) is 5.65. The summed E-state index contributed by atoms with van der Waals surface area (Å²) in [5, 5.41) is 2.00. The van der Waals surface area contributed by atoms with Gasteiger partial charge in [0.15, 0.2) is 5.13 Å². The smallest absolute Gasteiger partial charge is 0.233 e. The predicted octanol–water partition coefficient (Wildman–Crippen LogP) is 6.25. The molecule has 0 fully saturated rings. The average molecular weight is 487 g/mol. The number of thiazole rings is 1. The molecule has 8 heteroatoms. The Balaban J connectivity index is 0.00000320. The number of carbonyl (C=O) groups is 1. The number of nitrogens with zero attached hydrogens (tertiary/aromatic N) is 3. The SMILES string of the molecule is CCN(CC)CCN(C(=O)Cc1ccccc1Cl)c1nc2c(C)c(Cl)ccc2s1.Cl. The zero-order valence-corrected chi connectivity index (χ0v) is 20.5. The second kappa shape index (κ2) is 11.3. The number of amides is 1. The maximum Gasteiger partial charge on any atom is 0.233 e. The molecule has 0 aliphatic heterocycles. The number of likely N-dealkylation sites (N-methyl/N-ethyl adjacent to an activating group) is 1. The number of aromatic nitrogens is 1. The van der Waals surface area contributed by atoms with E-state index < -0.39 is 0 Å². The van der Waals surface area contributed by atoms with Gasteiger partial charge in [-0.25, -0.2) is 4.98 Å². The topological polar surface area (TPSA) is 36.4 Å². The van der Waals surface area contributed by atoms with Crippen LogP contribution in [0, 0.1) is 6.92 Å². The fourth-order valence-electron chi connectivity index (χ4n) is 3.21. The standard InChI is InChI=1S/C22H25Cl2N3OS.ClH/c1-4-26(5-2)12-13-27(20(28)14-16-8-6-7-9-18(16)24)22-25-21-15(3)17(23)10-11-19(21)29-22;/h6-11H,4-5,12-14H2,1-3H3;1H. The lowest BCUT2D eigenvalue weighted by atomic mass is 10.1. The molecule has 0 aliphatic rings. The van der Waals surface area contributed by atoms with Crippen molar-refractivity contribution in [1.29, 1.82) is 0 Å². The molecule has 1 amide bonds. The number of fused-ring (bicyclic) bond motifs is 1. The van der Waals surface area contributed by atoms with Crippen LogP contribution in [0.25, 0.3) is 10.2 Å². The summed E-state index contributed by atoms with van der Waals surface area (Å²) in [6, 6.07) is 11.3. The maximum atomic E-state index is 13.3. The van der Waals surface area contributed by atoms with E-state index in [-0.39, 0.29) is 24.7 Å². The molecule has 0 atom stereocenters. The Labute approximate surface area is 198 Å². The first-order chi connectivity index (χ1) is 13.9. The Bertz CT molecular complexity index is 1000. The van der Waals surface area contributed by atoms with Crippen molar-refractivity contribution >= 4 is 68.2 Å². The van der Waals surface area contributed by atoms with Gasteiger partial charge in [-0.05, 0) is 49.3 Å². The highest BCUT2D eigenvalue weighted by Crippen LogP contribution is 2.34. The maximum absolute atomic E-state index is 13.3. The largest absolute Gasteiger partial charge is 0.302 e. The van der Waals surface area contributed by atoms with E-state index >= 15 is 0 Å². The van der Waals surface area contributed by atoms with Gasteiger partial charge in [-0.1, -0.05) is 66.6 Å². The van der Waals surface area contributed by atoms with Gasteiger partial charge >= 0.3 is 0 Å². The minimum Gasteiger partial charge on any atom is -0.302 e. The number of halogens is 3. The van der Waals surface area contributed by atoms with Crippen molar-refractivity contribution in [1.82, 2.24) is 9.88 Å². The molecule has 0 saturated carbocycles. The van der Waals surface area contributed by atoms with Gasteiger partial charge in [0, 0.05) is 23.1 Å². The highest BCUT2D eigenvalue weighted by Gasteiger charge is 2.22. The number of hydrogen-bond acceptors (Lipinski definition) is 4. The monoisotopic (exact) mass is 485 g/mol. The van der Waals surface area contributed by atoms with Gasteiger partial charge < -0.3 is 4.90 Å². The summed E-state index contributed by atoms with van der Waals surface area (Å²) < 4.78 is 1.03. The summed E-state index contributed by atoms with van der Waals surface area (Å²) >= 11 is 14.1. The highest BCUT2D eigenvalue weighted by atomic mass is 35.5. The number of anilines is 1. The van der Waals surface area contributed by atoms with Gasteiger partial charge in [-0.2, -0.15) is 0 Å². The molecule has 0 radical (unpaired) electrons. The van der Waals surface area contributed by atoms with Crippen LogP contribution in [0.2, 0.25) is 10.0 Å². The molecule has 0 spiro atoms. The molecule has 30 heavy (non-hydrogen) atoms. The number of aryl methyl sites for hydroxylation is 1. The molecule has 0 aliphatic carbocycles. The van der Waals surface area contributed by atoms with Crippen molar-refractivity contribution in [3.8, 4) is 0 Å². The van der Waals surface area contributed by atoms with E-state index in [4.69, 9.17) is 28.2 Å². The highest BCUT2D eigenvalue weighted by molar-refractivity contribution is 7.22. The normalized spacial score (nSPS) is 11.0. The van der Waals surface area contributed by atoms with Crippen LogP contribution in [0.3, 0.4) is 0 Å². The van der Waals surface area contributed by atoms with E-state index in [1.807, 2.05) is 43.3 Å². The summed E-state index contributed by atoms with van der Waals surface area (Å²) in [5.74, 6) is -0.00642. The van der Waals surface area contributed by atoms with Crippen LogP contribution in [0.1, 0.15) is 25.0 Å². The molecule has 3 aromatic rings. The van der Waals surface area contributed by atoms with Gasteiger partial charge in [0.05, 0.1) is 16.6 Å². The third-order valence-corrected chi connectivity index (χ3v) is 6.92. The summed E-state index contributed by atoms with van der Waals surface area (Å²) in [7, 11) is 0. The Hall–Kier alpha value is -1.37. The molecule has 3 rings (SSSR count). The van der Waals surface area contributed by atoms with Crippen molar-refractivity contribution < 1.29 is 4.79 Å². The first-order valence-electron chi connectivity index (χ1n) is 9.76. The Kier molecular flexibility index (Phi) is 9.38. The van der Waals surface area contributed by atoms with Crippen LogP contribution < -0.4 is 4.90 Å². The van der Waals surface area contributed by atoms with Gasteiger partial charge in [-0.3, -0.25) is 9.69 Å². The van der Waals surface area contributed by atoms with Crippen molar-refractivity contribution in [2.24, 2.45) is 0 Å². The lowest BCUT2D eigenvalue weighted by molar-refractivity contribution is -0.118. The third-order valence-electron chi connectivity index (χ3n) is 5.10. The number of carbonyl (C=O) groups excluding carboxylic acids is 1. The zero-order chi connectivity index (χ0) is 21.0. The van der Waals surface area contributed by atoms with Crippen LogP contribution in [0.15, 0.2) is 36.4 Å². The molecular formula is C22H26Cl3N3OS. The van der Waals surface area contributed by atoms with Gasteiger partial charge in [-0.15, -0.1) is 12.4 Å². The fourth-order valence-corrected chi connectivity index (χ4v) is 4.64. The summed E-state index contributed by atoms with van der Waals surface area (Å²) in [6.45, 7) is 9.47. The number of rotatable bonds is 8. The number of benzene rings is 2. The quantitative estimate of drug-likeness (QED) is 0.377. The molecule has 0 N–H and O–H groups in total. The molecule has 1 heterocycles. The van der Waals surface area contributed by atoms with Crippen LogP contribution in [-0.2, 0) is 11.2 Å². The Morgan fingerprint density at radius 2 is 1.73 bits per heavy atom. The summed E-state index contributed by atoms with van der Waals surface area (Å²) in [6.07, 6.45) is 0.244. The van der Waals surface area contributed by atoms with Gasteiger partial charge in [0.2, 0.25) is 5.91 Å². The van der Waals surface area contributed by atoms with E-state index in [0.29, 0.717) is 21.7 Å². The first kappa shape index (κ1) is 24.9. The molecule has 0 bridgehead atoms. The molecule has 1 aromatic heterocycles. The van der Waals surface area contributed by atoms with Crippen LogP contribution in [-0.4, -0.2) is 42.0 Å². The van der Waals surface area contributed by atoms with Crippen LogP contribution >= 0.6 is 46.9 Å². The molecule has 4 nitrogen and oxygen atoms in total. The molecular weight excluding hydrogens is 461 g/mol. The minimum absolute atomic E-state index is 0. The average Bonchev–Trinajstić information content (AvgIpc) is 3.14. The molecule has 2 aromatic carbocycles. The predicted molar refractivity (Wildman–Crippen MR) is 132 cm³/mol.